The van der Waals surface area contributed by atoms with Gasteiger partial charge < -0.3 is 15.5 Å². The summed E-state index contributed by atoms with van der Waals surface area (Å²) in [6.45, 7) is 0. The van der Waals surface area contributed by atoms with Crippen molar-refractivity contribution < 1.29 is 19.8 Å². The van der Waals surface area contributed by atoms with E-state index < -0.39 is 6.16 Å². The fourth-order valence-corrected chi connectivity index (χ4v) is 4.38. The van der Waals surface area contributed by atoms with Crippen molar-refractivity contribution in [1.29, 1.82) is 0 Å². The fraction of sp³-hybridized carbons (Fsp3) is 0.417. The van der Waals surface area contributed by atoms with Crippen molar-refractivity contribution in [2.24, 2.45) is 11.8 Å². The van der Waals surface area contributed by atoms with Gasteiger partial charge in [0.1, 0.15) is 0 Å². The molecule has 2 aliphatic rings. The highest BCUT2D eigenvalue weighted by Gasteiger charge is 2.32. The lowest BCUT2D eigenvalue weighted by Crippen LogP contribution is -2.26. The minimum absolute atomic E-state index is 0.0955. The smallest absolute Gasteiger partial charge is 0.450 e. The van der Waals surface area contributed by atoms with Gasteiger partial charge in [-0.25, -0.2) is 4.79 Å². The molecule has 2 fully saturated rings. The first-order valence-corrected chi connectivity index (χ1v) is 10.9. The number of carboxylic acid groups (broad SMARTS) is 2. The summed E-state index contributed by atoms with van der Waals surface area (Å²) in [6, 6.07) is 16.2. The molecule has 160 valence electrons. The second-order valence-electron chi connectivity index (χ2n) is 8.19. The Morgan fingerprint density at radius 1 is 1.00 bits per heavy atom. The van der Waals surface area contributed by atoms with Gasteiger partial charge in [0.25, 0.3) is 0 Å². The van der Waals surface area contributed by atoms with Crippen molar-refractivity contribution in [2.45, 2.75) is 50.9 Å². The van der Waals surface area contributed by atoms with Crippen LogP contribution in [0.2, 0.25) is 5.02 Å². The van der Waals surface area contributed by atoms with Crippen LogP contribution in [-0.2, 0) is 11.2 Å². The second kappa shape index (κ2) is 10.5. The Morgan fingerprint density at radius 2 is 1.63 bits per heavy atom. The highest BCUT2D eigenvalue weighted by molar-refractivity contribution is 6.30. The first-order chi connectivity index (χ1) is 14.4. The monoisotopic (exact) mass is 429 g/mol. The molecule has 2 aromatic rings. The molecule has 4 rings (SSSR count). The van der Waals surface area contributed by atoms with Crippen LogP contribution in [-0.4, -0.2) is 22.3 Å². The molecule has 2 aliphatic carbocycles. The maximum Gasteiger partial charge on any atom is 0.503 e. The highest BCUT2D eigenvalue weighted by Crippen LogP contribution is 2.38. The SMILES string of the molecule is O=C(Nc1cccc(CC2CC2)c1)C(c1ccc(Cl)cc1)C1CCCC1.O=C(O)O. The van der Waals surface area contributed by atoms with E-state index in [-0.39, 0.29) is 11.8 Å². The molecule has 1 unspecified atom stereocenters. The van der Waals surface area contributed by atoms with E-state index in [9.17, 15) is 4.79 Å². The van der Waals surface area contributed by atoms with Gasteiger partial charge in [0.05, 0.1) is 5.92 Å². The minimum Gasteiger partial charge on any atom is -0.450 e. The standard InChI is InChI=1S/C23H26ClNO.CH2O3/c24-20-12-10-19(11-13-20)22(18-5-1-2-6-18)23(26)25-21-7-3-4-17(15-21)14-16-8-9-16;2-1(3)4/h3-4,7,10-13,15-16,18,22H,1-2,5-6,8-9,14H2,(H,25,26);(H2,2,3,4). The molecule has 30 heavy (non-hydrogen) atoms. The predicted octanol–water partition coefficient (Wildman–Crippen LogP) is 6.43. The number of hydrogen-bond donors (Lipinski definition) is 3. The lowest BCUT2D eigenvalue weighted by molar-refractivity contribution is -0.118. The van der Waals surface area contributed by atoms with Crippen molar-refractivity contribution in [2.75, 3.05) is 5.32 Å². The molecule has 0 aliphatic heterocycles. The van der Waals surface area contributed by atoms with Gasteiger partial charge in [-0.05, 0) is 79.3 Å². The second-order valence-corrected chi connectivity index (χ2v) is 8.63. The number of carbonyl (C=O) groups is 2. The number of carbonyl (C=O) groups excluding carboxylic acids is 1. The normalized spacial score (nSPS) is 17.0. The predicted molar refractivity (Wildman–Crippen MR) is 118 cm³/mol. The summed E-state index contributed by atoms with van der Waals surface area (Å²) in [6.07, 6.45) is 6.68. The zero-order valence-electron chi connectivity index (χ0n) is 16.9. The van der Waals surface area contributed by atoms with Gasteiger partial charge in [0.2, 0.25) is 5.91 Å². The molecular weight excluding hydrogens is 402 g/mol. The van der Waals surface area contributed by atoms with E-state index >= 15 is 0 Å². The number of nitrogens with one attached hydrogen (secondary N) is 1. The summed E-state index contributed by atoms with van der Waals surface area (Å²) < 4.78 is 0. The first kappa shape index (κ1) is 22.2. The van der Waals surface area contributed by atoms with E-state index in [2.05, 4.69) is 23.5 Å². The van der Waals surface area contributed by atoms with E-state index in [1.54, 1.807) is 0 Å². The first-order valence-electron chi connectivity index (χ1n) is 10.5. The van der Waals surface area contributed by atoms with Crippen LogP contribution in [0.4, 0.5) is 10.5 Å². The van der Waals surface area contributed by atoms with Gasteiger partial charge >= 0.3 is 6.16 Å². The number of amides is 1. The molecule has 1 atom stereocenters. The summed E-state index contributed by atoms with van der Waals surface area (Å²) in [5.41, 5.74) is 3.33. The topological polar surface area (TPSA) is 86.6 Å². The number of benzene rings is 2. The maximum atomic E-state index is 13.2. The largest absolute Gasteiger partial charge is 0.503 e. The summed E-state index contributed by atoms with van der Waals surface area (Å²) in [4.78, 5) is 21.7. The zero-order valence-corrected chi connectivity index (χ0v) is 17.6. The Morgan fingerprint density at radius 3 is 2.23 bits per heavy atom. The quantitative estimate of drug-likeness (QED) is 0.494. The van der Waals surface area contributed by atoms with E-state index in [0.717, 1.165) is 36.4 Å². The third kappa shape index (κ3) is 6.77. The van der Waals surface area contributed by atoms with Gasteiger partial charge in [-0.1, -0.05) is 48.7 Å². The zero-order chi connectivity index (χ0) is 21.5. The van der Waals surface area contributed by atoms with Crippen LogP contribution < -0.4 is 5.32 Å². The van der Waals surface area contributed by atoms with Gasteiger partial charge in [-0.3, -0.25) is 4.79 Å². The van der Waals surface area contributed by atoms with Gasteiger partial charge in [-0.15, -0.1) is 0 Å². The average Bonchev–Trinajstić information content (AvgIpc) is 3.34. The van der Waals surface area contributed by atoms with Gasteiger partial charge in [-0.2, -0.15) is 0 Å². The number of hydrogen-bond acceptors (Lipinski definition) is 2. The van der Waals surface area contributed by atoms with E-state index in [0.29, 0.717) is 10.9 Å². The number of anilines is 1. The minimum atomic E-state index is -1.83. The summed E-state index contributed by atoms with van der Waals surface area (Å²) in [5.74, 6) is 1.29. The fourth-order valence-electron chi connectivity index (χ4n) is 4.25. The lowest BCUT2D eigenvalue weighted by Gasteiger charge is -2.23. The molecule has 0 heterocycles. The average molecular weight is 430 g/mol. The van der Waals surface area contributed by atoms with Crippen LogP contribution in [0.1, 0.15) is 55.6 Å². The van der Waals surface area contributed by atoms with Crippen LogP contribution in [0.3, 0.4) is 0 Å². The third-order valence-corrected chi connectivity index (χ3v) is 6.05. The Kier molecular flexibility index (Phi) is 7.75. The molecule has 0 aromatic heterocycles. The maximum absolute atomic E-state index is 13.2. The van der Waals surface area contributed by atoms with Gasteiger partial charge in [0, 0.05) is 10.7 Å². The summed E-state index contributed by atoms with van der Waals surface area (Å²) >= 11 is 6.05. The number of rotatable bonds is 6. The Labute approximate surface area is 182 Å². The van der Waals surface area contributed by atoms with Crippen LogP contribution >= 0.6 is 11.6 Å². The van der Waals surface area contributed by atoms with Crippen LogP contribution in [0, 0.1) is 11.8 Å². The van der Waals surface area contributed by atoms with Crippen molar-refractivity contribution >= 4 is 29.4 Å². The van der Waals surface area contributed by atoms with Gasteiger partial charge in [0.15, 0.2) is 0 Å². The van der Waals surface area contributed by atoms with Crippen molar-refractivity contribution in [1.82, 2.24) is 0 Å². The van der Waals surface area contributed by atoms with Crippen molar-refractivity contribution in [3.8, 4) is 0 Å². The molecule has 0 saturated heterocycles. The molecule has 3 N–H and O–H groups in total. The van der Waals surface area contributed by atoms with Crippen molar-refractivity contribution in [3.63, 3.8) is 0 Å². The molecule has 0 spiro atoms. The summed E-state index contributed by atoms with van der Waals surface area (Å²) in [5, 5.41) is 17.9. The molecule has 5 nitrogen and oxygen atoms in total. The molecule has 0 radical (unpaired) electrons. The molecule has 2 aromatic carbocycles. The molecule has 1 amide bonds. The van der Waals surface area contributed by atoms with E-state index in [1.165, 1.54) is 31.2 Å². The van der Waals surface area contributed by atoms with E-state index in [1.807, 2.05) is 30.3 Å². The van der Waals surface area contributed by atoms with Crippen molar-refractivity contribution in [3.05, 3.63) is 64.7 Å². The Hall–Kier alpha value is -2.53. The molecule has 0 bridgehead atoms. The molecule has 6 heteroatoms. The van der Waals surface area contributed by atoms with Crippen LogP contribution in [0.5, 0.6) is 0 Å². The van der Waals surface area contributed by atoms with Crippen LogP contribution in [0.15, 0.2) is 48.5 Å². The van der Waals surface area contributed by atoms with Crippen LogP contribution in [0.25, 0.3) is 0 Å². The van der Waals surface area contributed by atoms with E-state index in [4.69, 9.17) is 26.6 Å². The third-order valence-electron chi connectivity index (χ3n) is 5.80. The molecular formula is C24H28ClNO4. The summed E-state index contributed by atoms with van der Waals surface area (Å²) in [7, 11) is 0. The highest BCUT2D eigenvalue weighted by atomic mass is 35.5. The Balaban J connectivity index is 0.000000589. The lowest BCUT2D eigenvalue weighted by atomic mass is 9.84. The molecule has 2 saturated carbocycles. The number of halogens is 1. The Bertz CT molecular complexity index is 854.